The maximum absolute atomic E-state index is 3.67. The molecule has 0 saturated heterocycles. The summed E-state index contributed by atoms with van der Waals surface area (Å²) in [5.74, 6) is 0. The third kappa shape index (κ3) is 4.97. The van der Waals surface area contributed by atoms with E-state index in [4.69, 9.17) is 0 Å². The van der Waals surface area contributed by atoms with Gasteiger partial charge in [-0.05, 0) is 32.9 Å². The van der Waals surface area contributed by atoms with Gasteiger partial charge in [-0.3, -0.25) is 0 Å². The summed E-state index contributed by atoms with van der Waals surface area (Å²) < 4.78 is 0. The van der Waals surface area contributed by atoms with E-state index in [-0.39, 0.29) is 0 Å². The Hall–Kier alpha value is -0.0800. The van der Waals surface area contributed by atoms with Crippen molar-refractivity contribution >= 4 is 0 Å². The molecule has 0 radical (unpaired) electrons. The lowest BCUT2D eigenvalue weighted by Crippen LogP contribution is -2.37. The highest BCUT2D eigenvalue weighted by Gasteiger charge is 2.11. The van der Waals surface area contributed by atoms with Crippen molar-refractivity contribution in [2.24, 2.45) is 0 Å². The number of rotatable bonds is 6. The predicted octanol–water partition coefficient (Wildman–Crippen LogP) is 2.25. The molecule has 1 N–H and O–H groups in total. The smallest absolute Gasteiger partial charge is 0.0104 e. The van der Waals surface area contributed by atoms with E-state index in [1.54, 1.807) is 0 Å². The van der Waals surface area contributed by atoms with Gasteiger partial charge in [-0.25, -0.2) is 0 Å². The van der Waals surface area contributed by atoms with Gasteiger partial charge < -0.3 is 10.2 Å². The van der Waals surface area contributed by atoms with Gasteiger partial charge in [-0.1, -0.05) is 26.2 Å². The van der Waals surface area contributed by atoms with Gasteiger partial charge in [0.1, 0.15) is 0 Å². The van der Waals surface area contributed by atoms with Crippen LogP contribution in [0.25, 0.3) is 0 Å². The molecule has 0 amide bonds. The molecule has 1 aliphatic carbocycles. The van der Waals surface area contributed by atoms with Gasteiger partial charge in [0.25, 0.3) is 0 Å². The average Bonchev–Trinajstić information content (AvgIpc) is 2.20. The molecule has 1 fully saturated rings. The van der Waals surface area contributed by atoms with Crippen LogP contribution in [-0.2, 0) is 0 Å². The average molecular weight is 198 g/mol. The highest BCUT2D eigenvalue weighted by Crippen LogP contribution is 2.16. The Morgan fingerprint density at radius 3 is 2.50 bits per heavy atom. The van der Waals surface area contributed by atoms with Crippen LogP contribution in [0.1, 0.15) is 45.4 Å². The SMILES string of the molecule is CCCN(C)CCNC1CCCCC1. The van der Waals surface area contributed by atoms with E-state index in [1.165, 1.54) is 58.2 Å². The third-order valence-corrected chi connectivity index (χ3v) is 3.14. The van der Waals surface area contributed by atoms with Crippen molar-refractivity contribution in [2.45, 2.75) is 51.5 Å². The van der Waals surface area contributed by atoms with E-state index in [1.807, 2.05) is 0 Å². The Morgan fingerprint density at radius 2 is 1.86 bits per heavy atom. The lowest BCUT2D eigenvalue weighted by molar-refractivity contribution is 0.306. The van der Waals surface area contributed by atoms with Gasteiger partial charge in [0, 0.05) is 19.1 Å². The van der Waals surface area contributed by atoms with Gasteiger partial charge in [0.15, 0.2) is 0 Å². The van der Waals surface area contributed by atoms with Crippen molar-refractivity contribution < 1.29 is 0 Å². The van der Waals surface area contributed by atoms with Gasteiger partial charge in [0.05, 0.1) is 0 Å². The minimum absolute atomic E-state index is 0.818. The first-order valence-corrected chi connectivity index (χ1v) is 6.25. The van der Waals surface area contributed by atoms with Crippen LogP contribution in [-0.4, -0.2) is 37.6 Å². The van der Waals surface area contributed by atoms with Crippen LogP contribution in [0.2, 0.25) is 0 Å². The summed E-state index contributed by atoms with van der Waals surface area (Å²) in [5.41, 5.74) is 0. The van der Waals surface area contributed by atoms with Gasteiger partial charge in [-0.2, -0.15) is 0 Å². The van der Waals surface area contributed by atoms with E-state index in [0.717, 1.165) is 6.04 Å². The lowest BCUT2D eigenvalue weighted by Gasteiger charge is -2.24. The molecular formula is C12H26N2. The second-order valence-electron chi connectivity index (χ2n) is 4.59. The minimum Gasteiger partial charge on any atom is -0.313 e. The van der Waals surface area contributed by atoms with Crippen LogP contribution in [0.3, 0.4) is 0 Å². The van der Waals surface area contributed by atoms with Crippen molar-refractivity contribution in [3.63, 3.8) is 0 Å². The Labute approximate surface area is 89.1 Å². The molecular weight excluding hydrogens is 172 g/mol. The van der Waals surface area contributed by atoms with E-state index in [9.17, 15) is 0 Å². The molecule has 84 valence electrons. The zero-order chi connectivity index (χ0) is 10.2. The fourth-order valence-corrected chi connectivity index (χ4v) is 2.26. The second kappa shape index (κ2) is 7.24. The maximum Gasteiger partial charge on any atom is 0.0104 e. The van der Waals surface area contributed by atoms with Gasteiger partial charge in [0.2, 0.25) is 0 Å². The summed E-state index contributed by atoms with van der Waals surface area (Å²) in [6.45, 7) is 5.84. The molecule has 0 aromatic heterocycles. The van der Waals surface area contributed by atoms with Crippen LogP contribution in [0.5, 0.6) is 0 Å². The van der Waals surface area contributed by atoms with Crippen LogP contribution in [0.15, 0.2) is 0 Å². The molecule has 0 aliphatic heterocycles. The molecule has 1 rings (SSSR count). The van der Waals surface area contributed by atoms with E-state index in [2.05, 4.69) is 24.2 Å². The first kappa shape index (κ1) is 12.0. The normalized spacial score (nSPS) is 19.1. The Balaban J connectivity index is 1.96. The first-order chi connectivity index (χ1) is 6.83. The number of hydrogen-bond acceptors (Lipinski definition) is 2. The fourth-order valence-electron chi connectivity index (χ4n) is 2.26. The van der Waals surface area contributed by atoms with Crippen molar-refractivity contribution in [3.05, 3.63) is 0 Å². The monoisotopic (exact) mass is 198 g/mol. The van der Waals surface area contributed by atoms with Crippen LogP contribution >= 0.6 is 0 Å². The fraction of sp³-hybridized carbons (Fsp3) is 1.00. The van der Waals surface area contributed by atoms with Crippen LogP contribution < -0.4 is 5.32 Å². The van der Waals surface area contributed by atoms with E-state index < -0.39 is 0 Å². The predicted molar refractivity (Wildman–Crippen MR) is 62.7 cm³/mol. The minimum atomic E-state index is 0.818. The summed E-state index contributed by atoms with van der Waals surface area (Å²) in [7, 11) is 2.21. The molecule has 1 saturated carbocycles. The molecule has 1 aliphatic rings. The highest BCUT2D eigenvalue weighted by molar-refractivity contribution is 4.72. The third-order valence-electron chi connectivity index (χ3n) is 3.14. The molecule has 0 spiro atoms. The van der Waals surface area contributed by atoms with Gasteiger partial charge in [-0.15, -0.1) is 0 Å². The summed E-state index contributed by atoms with van der Waals surface area (Å²) >= 11 is 0. The van der Waals surface area contributed by atoms with Crippen molar-refractivity contribution in [3.8, 4) is 0 Å². The second-order valence-corrected chi connectivity index (χ2v) is 4.59. The van der Waals surface area contributed by atoms with E-state index >= 15 is 0 Å². The molecule has 2 nitrogen and oxygen atoms in total. The zero-order valence-electron chi connectivity index (χ0n) is 9.89. The summed E-state index contributed by atoms with van der Waals surface area (Å²) in [6, 6.07) is 0.818. The van der Waals surface area contributed by atoms with Crippen molar-refractivity contribution in [1.29, 1.82) is 0 Å². The first-order valence-electron chi connectivity index (χ1n) is 6.25. The van der Waals surface area contributed by atoms with Crippen molar-refractivity contribution in [2.75, 3.05) is 26.7 Å². The molecule has 0 aromatic rings. The van der Waals surface area contributed by atoms with Crippen molar-refractivity contribution in [1.82, 2.24) is 10.2 Å². The Kier molecular flexibility index (Phi) is 6.20. The van der Waals surface area contributed by atoms with E-state index in [0.29, 0.717) is 0 Å². The van der Waals surface area contributed by atoms with Crippen LogP contribution in [0, 0.1) is 0 Å². The zero-order valence-corrected chi connectivity index (χ0v) is 9.89. The maximum atomic E-state index is 3.67. The van der Waals surface area contributed by atoms with Gasteiger partial charge >= 0.3 is 0 Å². The lowest BCUT2D eigenvalue weighted by atomic mass is 9.95. The molecule has 0 atom stereocenters. The number of nitrogens with zero attached hydrogens (tertiary/aromatic N) is 1. The molecule has 0 unspecified atom stereocenters. The number of hydrogen-bond donors (Lipinski definition) is 1. The standard InChI is InChI=1S/C12H26N2/c1-3-10-14(2)11-9-13-12-7-5-4-6-8-12/h12-13H,3-11H2,1-2H3. The Morgan fingerprint density at radius 1 is 1.14 bits per heavy atom. The largest absolute Gasteiger partial charge is 0.313 e. The number of likely N-dealkylation sites (N-methyl/N-ethyl adjacent to an activating group) is 1. The highest BCUT2D eigenvalue weighted by atomic mass is 15.1. The Bertz CT molecular complexity index is 130. The number of nitrogens with one attached hydrogen (secondary N) is 1. The molecule has 2 heteroatoms. The topological polar surface area (TPSA) is 15.3 Å². The molecule has 0 bridgehead atoms. The quantitative estimate of drug-likeness (QED) is 0.704. The summed E-state index contributed by atoms with van der Waals surface area (Å²) in [4.78, 5) is 2.41. The molecule has 0 aromatic carbocycles. The summed E-state index contributed by atoms with van der Waals surface area (Å²) in [5, 5.41) is 3.67. The molecule has 0 heterocycles. The van der Waals surface area contributed by atoms with Crippen LogP contribution in [0.4, 0.5) is 0 Å². The summed E-state index contributed by atoms with van der Waals surface area (Å²) in [6.07, 6.45) is 8.38. The molecule has 14 heavy (non-hydrogen) atoms.